The number of nitrogens with zero attached hydrogens (tertiary/aromatic N) is 1. The lowest BCUT2D eigenvalue weighted by atomic mass is 10.1. The summed E-state index contributed by atoms with van der Waals surface area (Å²) in [5, 5.41) is 2.95. The second kappa shape index (κ2) is 8.39. The Morgan fingerprint density at radius 2 is 1.92 bits per heavy atom. The normalized spacial score (nSPS) is 17.2. The summed E-state index contributed by atoms with van der Waals surface area (Å²) in [6, 6.07) is 6.02. The first-order chi connectivity index (χ1) is 11.3. The molecule has 0 aromatic heterocycles. The molecular weight excluding hydrogens is 331 g/mol. The van der Waals surface area contributed by atoms with E-state index in [0.29, 0.717) is 6.54 Å². The van der Waals surface area contributed by atoms with Gasteiger partial charge < -0.3 is 10.2 Å². The number of halogens is 1. The first kappa shape index (κ1) is 18.6. The highest BCUT2D eigenvalue weighted by atomic mass is 32.2. The molecule has 0 unspecified atom stereocenters. The Labute approximate surface area is 142 Å². The molecular formula is C17H23FN2O3S. The van der Waals surface area contributed by atoms with Gasteiger partial charge in [-0.05, 0) is 36.6 Å². The van der Waals surface area contributed by atoms with Crippen molar-refractivity contribution >= 4 is 21.8 Å². The van der Waals surface area contributed by atoms with Crippen LogP contribution in [0.5, 0.6) is 0 Å². The smallest absolute Gasteiger partial charge is 0.244 e. The number of piperidine rings is 1. The summed E-state index contributed by atoms with van der Waals surface area (Å²) in [6.45, 7) is 2.11. The van der Waals surface area contributed by atoms with Gasteiger partial charge in [0.1, 0.15) is 15.7 Å². The third kappa shape index (κ3) is 6.80. The Morgan fingerprint density at radius 1 is 1.29 bits per heavy atom. The molecule has 1 saturated heterocycles. The van der Waals surface area contributed by atoms with Gasteiger partial charge in [0.2, 0.25) is 5.91 Å². The molecule has 1 amide bonds. The van der Waals surface area contributed by atoms with E-state index in [2.05, 4.69) is 10.2 Å². The average molecular weight is 354 g/mol. The SMILES string of the molecule is CS(=O)(=O)CCN1CCC(NC(=O)C=Cc2ccc(F)cc2)CC1. The maximum absolute atomic E-state index is 12.8. The van der Waals surface area contributed by atoms with Gasteiger partial charge in [-0.25, -0.2) is 12.8 Å². The lowest BCUT2D eigenvalue weighted by Gasteiger charge is -2.31. The number of hydrogen-bond acceptors (Lipinski definition) is 4. The highest BCUT2D eigenvalue weighted by Gasteiger charge is 2.20. The average Bonchev–Trinajstić information content (AvgIpc) is 2.53. The van der Waals surface area contributed by atoms with Crippen LogP contribution in [0.3, 0.4) is 0 Å². The molecule has 2 rings (SSSR count). The highest BCUT2D eigenvalue weighted by molar-refractivity contribution is 7.90. The van der Waals surface area contributed by atoms with E-state index in [1.54, 1.807) is 18.2 Å². The third-order valence-electron chi connectivity index (χ3n) is 4.01. The molecule has 132 valence electrons. The molecule has 1 aromatic carbocycles. The molecule has 24 heavy (non-hydrogen) atoms. The van der Waals surface area contributed by atoms with Crippen molar-refractivity contribution in [1.29, 1.82) is 0 Å². The molecule has 1 aromatic rings. The molecule has 1 N–H and O–H groups in total. The minimum absolute atomic E-state index is 0.102. The van der Waals surface area contributed by atoms with E-state index in [9.17, 15) is 17.6 Å². The molecule has 0 bridgehead atoms. The topological polar surface area (TPSA) is 66.5 Å². The van der Waals surface area contributed by atoms with Gasteiger partial charge in [0, 0.05) is 38.0 Å². The van der Waals surface area contributed by atoms with Crippen LogP contribution < -0.4 is 5.32 Å². The predicted octanol–water partition coefficient (Wildman–Crippen LogP) is 1.46. The van der Waals surface area contributed by atoms with Gasteiger partial charge >= 0.3 is 0 Å². The number of benzene rings is 1. The highest BCUT2D eigenvalue weighted by Crippen LogP contribution is 2.11. The molecule has 0 spiro atoms. The minimum atomic E-state index is -2.94. The molecule has 0 atom stereocenters. The van der Waals surface area contributed by atoms with Crippen molar-refractivity contribution < 1.29 is 17.6 Å². The Bertz CT molecular complexity index is 678. The van der Waals surface area contributed by atoms with Crippen LogP contribution >= 0.6 is 0 Å². The second-order valence-corrected chi connectivity index (χ2v) is 8.40. The summed E-state index contributed by atoms with van der Waals surface area (Å²) in [7, 11) is -2.94. The maximum atomic E-state index is 12.8. The number of rotatable bonds is 6. The first-order valence-corrected chi connectivity index (χ1v) is 10.0. The quantitative estimate of drug-likeness (QED) is 0.786. The van der Waals surface area contributed by atoms with Crippen molar-refractivity contribution in [3.63, 3.8) is 0 Å². The van der Waals surface area contributed by atoms with Gasteiger partial charge in [0.15, 0.2) is 0 Å². The van der Waals surface area contributed by atoms with E-state index in [1.165, 1.54) is 24.5 Å². The van der Waals surface area contributed by atoms with Crippen molar-refractivity contribution in [2.45, 2.75) is 18.9 Å². The lowest BCUT2D eigenvalue weighted by molar-refractivity contribution is -0.117. The summed E-state index contributed by atoms with van der Waals surface area (Å²) < 4.78 is 35.2. The summed E-state index contributed by atoms with van der Waals surface area (Å²) in [5.74, 6) is -0.308. The summed E-state index contributed by atoms with van der Waals surface area (Å²) in [4.78, 5) is 14.0. The van der Waals surface area contributed by atoms with Crippen molar-refractivity contribution in [2.24, 2.45) is 0 Å². The van der Waals surface area contributed by atoms with E-state index < -0.39 is 9.84 Å². The second-order valence-electron chi connectivity index (χ2n) is 6.14. The lowest BCUT2D eigenvalue weighted by Crippen LogP contribution is -2.45. The zero-order valence-corrected chi connectivity index (χ0v) is 14.6. The van der Waals surface area contributed by atoms with Crippen LogP contribution in [-0.2, 0) is 14.6 Å². The molecule has 1 aliphatic rings. The number of sulfone groups is 1. The Hall–Kier alpha value is -1.73. The molecule has 0 aliphatic carbocycles. The predicted molar refractivity (Wildman–Crippen MR) is 92.7 cm³/mol. The van der Waals surface area contributed by atoms with E-state index in [0.717, 1.165) is 31.5 Å². The minimum Gasteiger partial charge on any atom is -0.350 e. The van der Waals surface area contributed by atoms with Crippen LogP contribution in [-0.4, -0.2) is 56.9 Å². The fraction of sp³-hybridized carbons (Fsp3) is 0.471. The fourth-order valence-corrected chi connectivity index (χ4v) is 3.18. The van der Waals surface area contributed by atoms with E-state index in [-0.39, 0.29) is 23.5 Å². The Balaban J connectivity index is 1.73. The Kier molecular flexibility index (Phi) is 6.51. The van der Waals surface area contributed by atoms with Gasteiger partial charge in [-0.1, -0.05) is 12.1 Å². The van der Waals surface area contributed by atoms with Crippen LogP contribution in [0.15, 0.2) is 30.3 Å². The molecule has 5 nitrogen and oxygen atoms in total. The number of likely N-dealkylation sites (tertiary alicyclic amines) is 1. The van der Waals surface area contributed by atoms with Gasteiger partial charge in [-0.2, -0.15) is 0 Å². The molecule has 1 fully saturated rings. The van der Waals surface area contributed by atoms with Crippen LogP contribution in [0.1, 0.15) is 18.4 Å². The van der Waals surface area contributed by atoms with Gasteiger partial charge in [-0.3, -0.25) is 4.79 Å². The first-order valence-electron chi connectivity index (χ1n) is 7.96. The Morgan fingerprint density at radius 3 is 2.50 bits per heavy atom. The zero-order valence-electron chi connectivity index (χ0n) is 13.7. The largest absolute Gasteiger partial charge is 0.350 e. The molecule has 1 aliphatic heterocycles. The summed E-state index contributed by atoms with van der Waals surface area (Å²) >= 11 is 0. The van der Waals surface area contributed by atoms with Crippen molar-refractivity contribution in [3.8, 4) is 0 Å². The number of carbonyl (C=O) groups is 1. The number of hydrogen-bond donors (Lipinski definition) is 1. The van der Waals surface area contributed by atoms with Gasteiger partial charge in [0.05, 0.1) is 5.75 Å². The van der Waals surface area contributed by atoms with Crippen LogP contribution in [0.2, 0.25) is 0 Å². The zero-order chi connectivity index (χ0) is 17.6. The van der Waals surface area contributed by atoms with E-state index in [4.69, 9.17) is 0 Å². The van der Waals surface area contributed by atoms with Crippen LogP contribution in [0.25, 0.3) is 6.08 Å². The van der Waals surface area contributed by atoms with Gasteiger partial charge in [-0.15, -0.1) is 0 Å². The number of nitrogens with one attached hydrogen (secondary N) is 1. The van der Waals surface area contributed by atoms with Gasteiger partial charge in [0.25, 0.3) is 0 Å². The standard InChI is InChI=1S/C17H23FN2O3S/c1-24(22,23)13-12-20-10-8-16(9-11-20)19-17(21)7-4-14-2-5-15(18)6-3-14/h2-7,16H,8-13H2,1H3,(H,19,21). The molecule has 0 saturated carbocycles. The number of carbonyl (C=O) groups excluding carboxylic acids is 1. The van der Waals surface area contributed by atoms with E-state index in [1.807, 2.05) is 0 Å². The van der Waals surface area contributed by atoms with Crippen molar-refractivity contribution in [3.05, 3.63) is 41.7 Å². The molecule has 0 radical (unpaired) electrons. The fourth-order valence-electron chi connectivity index (χ4n) is 2.59. The third-order valence-corrected chi connectivity index (χ3v) is 4.93. The van der Waals surface area contributed by atoms with Crippen molar-refractivity contribution in [1.82, 2.24) is 10.2 Å². The molecule has 7 heteroatoms. The van der Waals surface area contributed by atoms with Crippen LogP contribution in [0.4, 0.5) is 4.39 Å². The van der Waals surface area contributed by atoms with E-state index >= 15 is 0 Å². The van der Waals surface area contributed by atoms with Crippen LogP contribution in [0, 0.1) is 5.82 Å². The number of amides is 1. The maximum Gasteiger partial charge on any atom is 0.244 e. The summed E-state index contributed by atoms with van der Waals surface area (Å²) in [5.41, 5.74) is 0.766. The molecule has 1 heterocycles. The summed E-state index contributed by atoms with van der Waals surface area (Å²) in [6.07, 6.45) is 5.95. The van der Waals surface area contributed by atoms with Crippen molar-refractivity contribution in [2.75, 3.05) is 31.6 Å². The monoisotopic (exact) mass is 354 g/mol.